The fourth-order valence-electron chi connectivity index (χ4n) is 1.36. The van der Waals surface area contributed by atoms with Crippen molar-refractivity contribution < 1.29 is 17.9 Å². The van der Waals surface area contributed by atoms with E-state index in [4.69, 9.17) is 10.00 Å². The molecule has 0 aliphatic rings. The molecule has 0 bridgehead atoms. The molecule has 0 aromatic heterocycles. The summed E-state index contributed by atoms with van der Waals surface area (Å²) in [6.07, 6.45) is 0. The van der Waals surface area contributed by atoms with Crippen molar-refractivity contribution >= 4 is 15.9 Å². The standard InChI is InChI=1S/C13H5BrF3NO/c14-12-7(6-18)1-4-11(13(12)17)19-8-2-3-9(15)10(16)5-8/h1-5H. The molecule has 0 unspecified atom stereocenters. The van der Waals surface area contributed by atoms with Crippen LogP contribution in [0.3, 0.4) is 0 Å². The van der Waals surface area contributed by atoms with E-state index in [9.17, 15) is 13.2 Å². The molecule has 0 saturated heterocycles. The van der Waals surface area contributed by atoms with Gasteiger partial charge in [0.25, 0.3) is 0 Å². The lowest BCUT2D eigenvalue weighted by Crippen LogP contribution is -1.93. The second-order valence-corrected chi connectivity index (χ2v) is 4.32. The zero-order valence-electron chi connectivity index (χ0n) is 9.25. The van der Waals surface area contributed by atoms with E-state index in [-0.39, 0.29) is 21.5 Å². The van der Waals surface area contributed by atoms with Gasteiger partial charge in [-0.2, -0.15) is 5.26 Å². The van der Waals surface area contributed by atoms with Gasteiger partial charge in [0.1, 0.15) is 11.8 Å². The highest BCUT2D eigenvalue weighted by Crippen LogP contribution is 2.31. The number of benzene rings is 2. The first kappa shape index (κ1) is 13.4. The number of nitrogens with zero attached hydrogens (tertiary/aromatic N) is 1. The lowest BCUT2D eigenvalue weighted by molar-refractivity contribution is 0.431. The van der Waals surface area contributed by atoms with Crippen LogP contribution >= 0.6 is 15.9 Å². The van der Waals surface area contributed by atoms with Crippen LogP contribution in [0.25, 0.3) is 0 Å². The molecule has 0 aliphatic heterocycles. The van der Waals surface area contributed by atoms with E-state index in [0.717, 1.165) is 12.1 Å². The van der Waals surface area contributed by atoms with Gasteiger partial charge in [0.2, 0.25) is 0 Å². The Bertz CT molecular complexity index is 682. The summed E-state index contributed by atoms with van der Waals surface area (Å²) in [6, 6.07) is 7.23. The first-order valence-corrected chi connectivity index (χ1v) is 5.83. The van der Waals surface area contributed by atoms with Gasteiger partial charge in [-0.15, -0.1) is 0 Å². The molecule has 0 spiro atoms. The summed E-state index contributed by atoms with van der Waals surface area (Å²) < 4.78 is 44.6. The van der Waals surface area contributed by atoms with E-state index < -0.39 is 17.5 Å². The molecule has 0 atom stereocenters. The first-order valence-electron chi connectivity index (χ1n) is 5.04. The van der Waals surface area contributed by atoms with Crippen molar-refractivity contribution in [2.45, 2.75) is 0 Å². The maximum atomic E-state index is 13.8. The predicted octanol–water partition coefficient (Wildman–Crippen LogP) is 4.53. The summed E-state index contributed by atoms with van der Waals surface area (Å²) in [5, 5.41) is 8.71. The van der Waals surface area contributed by atoms with Gasteiger partial charge in [0.15, 0.2) is 23.2 Å². The van der Waals surface area contributed by atoms with E-state index in [0.29, 0.717) is 0 Å². The monoisotopic (exact) mass is 327 g/mol. The molecule has 0 saturated carbocycles. The van der Waals surface area contributed by atoms with Crippen molar-refractivity contribution in [1.29, 1.82) is 5.26 Å². The number of hydrogen-bond acceptors (Lipinski definition) is 2. The third-order valence-corrected chi connectivity index (χ3v) is 3.06. The van der Waals surface area contributed by atoms with Crippen molar-refractivity contribution in [2.75, 3.05) is 0 Å². The van der Waals surface area contributed by atoms with Crippen molar-refractivity contribution in [3.63, 3.8) is 0 Å². The molecule has 0 N–H and O–H groups in total. The fraction of sp³-hybridized carbons (Fsp3) is 0. The largest absolute Gasteiger partial charge is 0.454 e. The van der Waals surface area contributed by atoms with E-state index in [2.05, 4.69) is 15.9 Å². The number of nitriles is 1. The third-order valence-electron chi connectivity index (χ3n) is 2.29. The van der Waals surface area contributed by atoms with Crippen LogP contribution in [-0.2, 0) is 0 Å². The van der Waals surface area contributed by atoms with Crippen LogP contribution < -0.4 is 4.74 Å². The molecule has 96 valence electrons. The average molecular weight is 328 g/mol. The molecule has 0 fully saturated rings. The van der Waals surface area contributed by atoms with Gasteiger partial charge in [-0.25, -0.2) is 13.2 Å². The number of hydrogen-bond donors (Lipinski definition) is 0. The van der Waals surface area contributed by atoms with E-state index in [1.165, 1.54) is 18.2 Å². The normalized spacial score (nSPS) is 10.1. The molecule has 2 nitrogen and oxygen atoms in total. The van der Waals surface area contributed by atoms with Gasteiger partial charge in [-0.3, -0.25) is 0 Å². The SMILES string of the molecule is N#Cc1ccc(Oc2ccc(F)c(F)c2)c(F)c1Br. The van der Waals surface area contributed by atoms with Crippen molar-refractivity contribution in [2.24, 2.45) is 0 Å². The minimum atomic E-state index is -1.09. The molecule has 6 heteroatoms. The van der Waals surface area contributed by atoms with Crippen LogP contribution in [0.1, 0.15) is 5.56 Å². The second kappa shape index (κ2) is 5.33. The molecule has 19 heavy (non-hydrogen) atoms. The summed E-state index contributed by atoms with van der Waals surface area (Å²) in [7, 11) is 0. The Kier molecular flexibility index (Phi) is 3.76. The van der Waals surface area contributed by atoms with Gasteiger partial charge >= 0.3 is 0 Å². The predicted molar refractivity (Wildman–Crippen MR) is 65.2 cm³/mol. The Hall–Kier alpha value is -2.00. The summed E-state index contributed by atoms with van der Waals surface area (Å²) >= 11 is 2.92. The minimum Gasteiger partial charge on any atom is -0.454 e. The van der Waals surface area contributed by atoms with Gasteiger partial charge in [0, 0.05) is 6.07 Å². The Balaban J connectivity index is 2.36. The average Bonchev–Trinajstić information content (AvgIpc) is 2.40. The summed E-state index contributed by atoms with van der Waals surface area (Å²) in [5.74, 6) is -3.14. The van der Waals surface area contributed by atoms with E-state index in [1.54, 1.807) is 6.07 Å². The molecule has 2 rings (SSSR count). The zero-order valence-corrected chi connectivity index (χ0v) is 10.8. The van der Waals surface area contributed by atoms with Gasteiger partial charge in [-0.05, 0) is 40.2 Å². The van der Waals surface area contributed by atoms with Crippen LogP contribution in [0.15, 0.2) is 34.8 Å². The van der Waals surface area contributed by atoms with Crippen LogP contribution in [0.5, 0.6) is 11.5 Å². The molecular formula is C13H5BrF3NO. The molecule has 0 heterocycles. The fourth-order valence-corrected chi connectivity index (χ4v) is 1.78. The maximum Gasteiger partial charge on any atom is 0.181 e. The maximum absolute atomic E-state index is 13.8. The lowest BCUT2D eigenvalue weighted by atomic mass is 10.2. The lowest BCUT2D eigenvalue weighted by Gasteiger charge is -2.08. The third kappa shape index (κ3) is 2.71. The highest BCUT2D eigenvalue weighted by Gasteiger charge is 2.13. The van der Waals surface area contributed by atoms with Crippen LogP contribution in [0.2, 0.25) is 0 Å². The Morgan fingerprint density at radius 2 is 1.79 bits per heavy atom. The number of rotatable bonds is 2. The highest BCUT2D eigenvalue weighted by molar-refractivity contribution is 9.10. The molecule has 0 amide bonds. The van der Waals surface area contributed by atoms with Crippen LogP contribution in [-0.4, -0.2) is 0 Å². The first-order chi connectivity index (χ1) is 9.02. The Morgan fingerprint density at radius 3 is 2.42 bits per heavy atom. The summed E-state index contributed by atoms with van der Waals surface area (Å²) in [5.41, 5.74) is 0.107. The van der Waals surface area contributed by atoms with Gasteiger partial charge in [-0.1, -0.05) is 0 Å². The Labute approximate surface area is 115 Å². The summed E-state index contributed by atoms with van der Waals surface area (Å²) in [6.45, 7) is 0. The molecule has 0 aliphatic carbocycles. The number of ether oxygens (including phenoxy) is 1. The van der Waals surface area contributed by atoms with Gasteiger partial charge < -0.3 is 4.74 Å². The quantitative estimate of drug-likeness (QED) is 0.811. The van der Waals surface area contributed by atoms with Crippen LogP contribution in [0.4, 0.5) is 13.2 Å². The zero-order chi connectivity index (χ0) is 14.0. The highest BCUT2D eigenvalue weighted by atomic mass is 79.9. The molecular weight excluding hydrogens is 323 g/mol. The molecule has 2 aromatic rings. The van der Waals surface area contributed by atoms with E-state index >= 15 is 0 Å². The Morgan fingerprint density at radius 1 is 1.05 bits per heavy atom. The molecule has 2 aromatic carbocycles. The summed E-state index contributed by atoms with van der Waals surface area (Å²) in [4.78, 5) is 0. The van der Waals surface area contributed by atoms with Crippen LogP contribution in [0, 0.1) is 28.8 Å². The second-order valence-electron chi connectivity index (χ2n) is 3.53. The topological polar surface area (TPSA) is 33.0 Å². The van der Waals surface area contributed by atoms with Gasteiger partial charge in [0.05, 0.1) is 10.0 Å². The number of halogens is 4. The molecule has 0 radical (unpaired) electrons. The van der Waals surface area contributed by atoms with E-state index in [1.807, 2.05) is 0 Å². The minimum absolute atomic E-state index is 0.0462. The smallest absolute Gasteiger partial charge is 0.181 e. The van der Waals surface area contributed by atoms with Crippen molar-refractivity contribution in [1.82, 2.24) is 0 Å². The van der Waals surface area contributed by atoms with Crippen molar-refractivity contribution in [3.05, 3.63) is 57.8 Å². The van der Waals surface area contributed by atoms with Crippen molar-refractivity contribution in [3.8, 4) is 17.6 Å².